The van der Waals surface area contributed by atoms with Crippen molar-refractivity contribution in [1.29, 1.82) is 0 Å². The summed E-state index contributed by atoms with van der Waals surface area (Å²) in [4.78, 5) is 18.9. The van der Waals surface area contributed by atoms with Crippen LogP contribution in [-0.4, -0.2) is 59.8 Å². The van der Waals surface area contributed by atoms with Crippen LogP contribution in [0.25, 0.3) is 0 Å². The molecule has 1 amide bonds. The fourth-order valence-electron chi connectivity index (χ4n) is 4.30. The second-order valence-corrected chi connectivity index (χ2v) is 10.8. The molecule has 0 N–H and O–H groups in total. The van der Waals surface area contributed by atoms with Crippen LogP contribution < -0.4 is 0 Å². The van der Waals surface area contributed by atoms with Crippen molar-refractivity contribution in [3.63, 3.8) is 0 Å². The highest BCUT2D eigenvalue weighted by atomic mass is 32.2. The molecule has 0 aromatic carbocycles. The minimum absolute atomic E-state index is 0.0465. The summed E-state index contributed by atoms with van der Waals surface area (Å²) in [7, 11) is -3.56. The van der Waals surface area contributed by atoms with Gasteiger partial charge in [0.1, 0.15) is 4.21 Å². The molecule has 144 valence electrons. The van der Waals surface area contributed by atoms with Gasteiger partial charge in [0.05, 0.1) is 5.41 Å². The molecule has 0 radical (unpaired) electrons. The average molecular weight is 409 g/mol. The molecular weight excluding hydrogens is 388 g/mol. The molecule has 2 aromatic rings. The lowest BCUT2D eigenvalue weighted by Crippen LogP contribution is -2.41. The van der Waals surface area contributed by atoms with Gasteiger partial charge in [-0.15, -0.1) is 11.3 Å². The first-order valence-corrected chi connectivity index (χ1v) is 11.4. The second kappa shape index (κ2) is 5.86. The van der Waals surface area contributed by atoms with Crippen molar-refractivity contribution in [2.24, 2.45) is 11.8 Å². The molecule has 4 heterocycles. The van der Waals surface area contributed by atoms with Crippen LogP contribution in [0.3, 0.4) is 0 Å². The molecule has 2 aliphatic heterocycles. The zero-order valence-corrected chi connectivity index (χ0v) is 16.5. The standard InChI is InChI=1S/C17H20N4O4S2/c1-11-18-16(25-19-11)17-9-20(15(22)12-4-5-12)7-13(17)8-21(10-17)27(23,24)14-3-2-6-26-14/h2-3,6,12-13H,4-5,7-10H2,1H3/t13-,17-/m1/s1. The van der Waals surface area contributed by atoms with Crippen molar-refractivity contribution in [1.82, 2.24) is 19.3 Å². The number of hydrogen-bond acceptors (Lipinski definition) is 7. The van der Waals surface area contributed by atoms with E-state index in [2.05, 4.69) is 10.1 Å². The molecule has 3 fully saturated rings. The number of rotatable bonds is 4. The third-order valence-corrected chi connectivity index (χ3v) is 9.04. The minimum Gasteiger partial charge on any atom is -0.341 e. The van der Waals surface area contributed by atoms with Gasteiger partial charge in [-0.05, 0) is 31.2 Å². The molecule has 10 heteroatoms. The molecule has 27 heavy (non-hydrogen) atoms. The van der Waals surface area contributed by atoms with Gasteiger partial charge in [0.25, 0.3) is 10.0 Å². The first-order valence-electron chi connectivity index (χ1n) is 9.03. The summed E-state index contributed by atoms with van der Waals surface area (Å²) in [5.74, 6) is 1.23. The van der Waals surface area contributed by atoms with E-state index in [1.54, 1.807) is 24.4 Å². The summed E-state index contributed by atoms with van der Waals surface area (Å²) < 4.78 is 33.4. The van der Waals surface area contributed by atoms with Crippen molar-refractivity contribution in [2.75, 3.05) is 26.2 Å². The summed E-state index contributed by atoms with van der Waals surface area (Å²) in [5, 5.41) is 5.68. The average Bonchev–Trinajstić information content (AvgIpc) is 3.01. The number of thiophene rings is 1. The molecule has 1 saturated carbocycles. The predicted octanol–water partition coefficient (Wildman–Crippen LogP) is 1.25. The Morgan fingerprint density at radius 1 is 1.33 bits per heavy atom. The number of aromatic nitrogens is 2. The van der Waals surface area contributed by atoms with Gasteiger partial charge in [-0.1, -0.05) is 11.2 Å². The fraction of sp³-hybridized carbons (Fsp3) is 0.588. The minimum atomic E-state index is -3.56. The Hall–Kier alpha value is -1.78. The molecule has 3 aliphatic rings. The normalized spacial score (nSPS) is 28.6. The number of amides is 1. The van der Waals surface area contributed by atoms with E-state index in [1.807, 2.05) is 4.90 Å². The maximum atomic E-state index is 13.0. The third kappa shape index (κ3) is 2.65. The smallest absolute Gasteiger partial charge is 0.252 e. The Labute approximate surface area is 161 Å². The molecule has 2 atom stereocenters. The van der Waals surface area contributed by atoms with Crippen molar-refractivity contribution in [2.45, 2.75) is 29.4 Å². The first-order chi connectivity index (χ1) is 12.9. The number of aryl methyl sites for hydroxylation is 1. The van der Waals surface area contributed by atoms with E-state index in [0.29, 0.717) is 35.6 Å². The van der Waals surface area contributed by atoms with Crippen molar-refractivity contribution < 1.29 is 17.7 Å². The zero-order chi connectivity index (χ0) is 18.8. The molecule has 8 nitrogen and oxygen atoms in total. The van der Waals surface area contributed by atoms with Crippen molar-refractivity contribution in [3.8, 4) is 0 Å². The number of carbonyl (C=O) groups is 1. The number of nitrogens with zero attached hydrogens (tertiary/aromatic N) is 4. The van der Waals surface area contributed by atoms with Crippen LogP contribution in [0.1, 0.15) is 24.6 Å². The van der Waals surface area contributed by atoms with Gasteiger partial charge < -0.3 is 9.42 Å². The summed E-state index contributed by atoms with van der Waals surface area (Å²) in [6, 6.07) is 3.36. The van der Waals surface area contributed by atoms with Gasteiger partial charge in [0.2, 0.25) is 11.8 Å². The lowest BCUT2D eigenvalue weighted by atomic mass is 9.81. The van der Waals surface area contributed by atoms with Gasteiger partial charge in [0, 0.05) is 38.0 Å². The summed E-state index contributed by atoms with van der Waals surface area (Å²) >= 11 is 1.22. The number of hydrogen-bond donors (Lipinski definition) is 0. The zero-order valence-electron chi connectivity index (χ0n) is 14.9. The number of sulfonamides is 1. The molecule has 5 rings (SSSR count). The van der Waals surface area contributed by atoms with E-state index in [0.717, 1.165) is 12.8 Å². The van der Waals surface area contributed by atoms with Crippen LogP contribution in [0, 0.1) is 18.8 Å². The molecule has 0 bridgehead atoms. The largest absolute Gasteiger partial charge is 0.341 e. The predicted molar refractivity (Wildman–Crippen MR) is 96.6 cm³/mol. The maximum absolute atomic E-state index is 13.0. The SMILES string of the molecule is Cc1noc([C@@]23CN(C(=O)C4CC4)C[C@@H]2CN(S(=O)(=O)c2cccs2)C3)n1. The Balaban J connectivity index is 1.49. The van der Waals surface area contributed by atoms with Crippen molar-refractivity contribution in [3.05, 3.63) is 29.2 Å². The van der Waals surface area contributed by atoms with E-state index in [9.17, 15) is 13.2 Å². The molecule has 1 aliphatic carbocycles. The van der Waals surface area contributed by atoms with E-state index in [4.69, 9.17) is 4.52 Å². The highest BCUT2D eigenvalue weighted by Gasteiger charge is 2.60. The summed E-state index contributed by atoms with van der Waals surface area (Å²) in [5.41, 5.74) is -0.629. The Kier molecular flexibility index (Phi) is 3.76. The molecule has 0 spiro atoms. The monoisotopic (exact) mass is 408 g/mol. The number of likely N-dealkylation sites (tertiary alicyclic amines) is 1. The fourth-order valence-corrected chi connectivity index (χ4v) is 7.00. The van der Waals surface area contributed by atoms with Crippen LogP contribution in [0.5, 0.6) is 0 Å². The van der Waals surface area contributed by atoms with Gasteiger partial charge in [-0.2, -0.15) is 9.29 Å². The Morgan fingerprint density at radius 3 is 2.78 bits per heavy atom. The lowest BCUT2D eigenvalue weighted by Gasteiger charge is -2.25. The number of fused-ring (bicyclic) bond motifs is 1. The molecular formula is C17H20N4O4S2. The van der Waals surface area contributed by atoms with Gasteiger partial charge in [0.15, 0.2) is 5.82 Å². The first kappa shape index (κ1) is 17.3. The molecule has 0 unspecified atom stereocenters. The van der Waals surface area contributed by atoms with Crippen LogP contribution in [0.4, 0.5) is 0 Å². The Morgan fingerprint density at radius 2 is 2.15 bits per heavy atom. The van der Waals surface area contributed by atoms with E-state index >= 15 is 0 Å². The third-order valence-electron chi connectivity index (χ3n) is 5.86. The molecule has 2 saturated heterocycles. The van der Waals surface area contributed by atoms with E-state index < -0.39 is 15.4 Å². The van der Waals surface area contributed by atoms with Crippen LogP contribution >= 0.6 is 11.3 Å². The van der Waals surface area contributed by atoms with Gasteiger partial charge in [-0.3, -0.25) is 4.79 Å². The molecule has 2 aromatic heterocycles. The van der Waals surface area contributed by atoms with E-state index in [1.165, 1.54) is 15.6 Å². The van der Waals surface area contributed by atoms with Crippen molar-refractivity contribution >= 4 is 27.3 Å². The van der Waals surface area contributed by atoms with Crippen LogP contribution in [0.2, 0.25) is 0 Å². The topological polar surface area (TPSA) is 96.6 Å². The Bertz CT molecular complexity index is 983. The summed E-state index contributed by atoms with van der Waals surface area (Å²) in [6.07, 6.45) is 1.90. The maximum Gasteiger partial charge on any atom is 0.252 e. The van der Waals surface area contributed by atoms with E-state index in [-0.39, 0.29) is 24.3 Å². The highest BCUT2D eigenvalue weighted by Crippen LogP contribution is 2.47. The highest BCUT2D eigenvalue weighted by molar-refractivity contribution is 7.91. The van der Waals surface area contributed by atoms with Gasteiger partial charge in [-0.25, -0.2) is 8.42 Å². The van der Waals surface area contributed by atoms with Crippen LogP contribution in [-0.2, 0) is 20.2 Å². The lowest BCUT2D eigenvalue weighted by molar-refractivity contribution is -0.131. The second-order valence-electron chi connectivity index (χ2n) is 7.72. The quantitative estimate of drug-likeness (QED) is 0.755. The number of carbonyl (C=O) groups excluding carboxylic acids is 1. The van der Waals surface area contributed by atoms with Gasteiger partial charge >= 0.3 is 0 Å². The van der Waals surface area contributed by atoms with Crippen LogP contribution in [0.15, 0.2) is 26.2 Å². The summed E-state index contributed by atoms with van der Waals surface area (Å²) in [6.45, 7) is 3.33.